The van der Waals surface area contributed by atoms with E-state index in [4.69, 9.17) is 0 Å². The van der Waals surface area contributed by atoms with Crippen molar-refractivity contribution >= 4 is 0 Å². The Morgan fingerprint density at radius 2 is 1.09 bits per heavy atom. The summed E-state index contributed by atoms with van der Waals surface area (Å²) < 4.78 is 0. The van der Waals surface area contributed by atoms with Gasteiger partial charge in [0.2, 0.25) is 0 Å². The topological polar surface area (TPSA) is 0 Å². The predicted molar refractivity (Wildman–Crippen MR) is 54.9 cm³/mol. The van der Waals surface area contributed by atoms with Crippen LogP contribution in [0.1, 0.15) is 66.7 Å². The zero-order valence-electron chi connectivity index (χ0n) is 9.11. The third-order valence-corrected chi connectivity index (χ3v) is 1.27. The second-order valence-corrected chi connectivity index (χ2v) is 3.27. The van der Waals surface area contributed by atoms with Gasteiger partial charge in [-0.15, -0.1) is 0 Å². The summed E-state index contributed by atoms with van der Waals surface area (Å²) in [5.74, 6) is 1.13. The lowest BCUT2D eigenvalue weighted by Gasteiger charge is -1.72. The molecule has 0 nitrogen and oxygen atoms in total. The molecule has 0 heterocycles. The molecule has 1 fully saturated rings. The number of rotatable bonds is 1. The predicted octanol–water partition coefficient (Wildman–Crippen LogP) is 4.64. The van der Waals surface area contributed by atoms with E-state index >= 15 is 0 Å². The van der Waals surface area contributed by atoms with Crippen LogP contribution in [0.4, 0.5) is 0 Å². The quantitative estimate of drug-likeness (QED) is 0.521. The van der Waals surface area contributed by atoms with Crippen LogP contribution in [0.5, 0.6) is 0 Å². The highest BCUT2D eigenvalue weighted by molar-refractivity contribution is 4.69. The van der Waals surface area contributed by atoms with Crippen molar-refractivity contribution < 1.29 is 0 Å². The molecule has 0 aromatic carbocycles. The first-order valence-corrected chi connectivity index (χ1v) is 5.26. The van der Waals surface area contributed by atoms with Crippen LogP contribution in [0.2, 0.25) is 0 Å². The first-order valence-electron chi connectivity index (χ1n) is 5.26. The summed E-state index contributed by atoms with van der Waals surface area (Å²) >= 11 is 0. The molecule has 1 aliphatic rings. The summed E-state index contributed by atoms with van der Waals surface area (Å²) in [5.41, 5.74) is 0. The summed E-state index contributed by atoms with van der Waals surface area (Å²) in [6.07, 6.45) is 6.94. The van der Waals surface area contributed by atoms with Crippen LogP contribution in [-0.2, 0) is 0 Å². The molecule has 11 heavy (non-hydrogen) atoms. The average molecular weight is 158 g/mol. The zero-order valence-corrected chi connectivity index (χ0v) is 9.11. The molecule has 0 heteroatoms. The van der Waals surface area contributed by atoms with Crippen LogP contribution in [0, 0.1) is 5.92 Å². The van der Waals surface area contributed by atoms with Gasteiger partial charge in [0.1, 0.15) is 0 Å². The maximum atomic E-state index is 2.26. The lowest BCUT2D eigenvalue weighted by Crippen LogP contribution is -1.59. The van der Waals surface area contributed by atoms with Gasteiger partial charge in [0.05, 0.1) is 0 Å². The molecule has 0 aromatic rings. The van der Waals surface area contributed by atoms with Crippen molar-refractivity contribution in [3.63, 3.8) is 0 Å². The van der Waals surface area contributed by atoms with Gasteiger partial charge in [-0.3, -0.25) is 0 Å². The maximum Gasteiger partial charge on any atom is -0.0417 e. The Kier molecular flexibility index (Phi) is 15.6. The molecular formula is C11H26. The Morgan fingerprint density at radius 1 is 0.818 bits per heavy atom. The molecule has 1 saturated carbocycles. The molecule has 1 rings (SSSR count). The van der Waals surface area contributed by atoms with Crippen LogP contribution in [0.15, 0.2) is 0 Å². The van der Waals surface area contributed by atoms with Crippen molar-refractivity contribution in [2.75, 3.05) is 0 Å². The highest BCUT2D eigenvalue weighted by atomic mass is 14.2. The molecule has 0 saturated heterocycles. The third-order valence-electron chi connectivity index (χ3n) is 1.27. The van der Waals surface area contributed by atoms with Crippen LogP contribution in [-0.4, -0.2) is 0 Å². The second kappa shape index (κ2) is 12.7. The maximum absolute atomic E-state index is 2.26. The lowest BCUT2D eigenvalue weighted by molar-refractivity contribution is 0.799. The van der Waals surface area contributed by atoms with Gasteiger partial charge in [-0.1, -0.05) is 66.7 Å². The fourth-order valence-corrected chi connectivity index (χ4v) is 0.526. The molecule has 0 atom stereocenters. The van der Waals surface area contributed by atoms with Gasteiger partial charge in [-0.2, -0.15) is 0 Å². The molecule has 70 valence electrons. The molecule has 0 aliphatic heterocycles. The lowest BCUT2D eigenvalue weighted by atomic mass is 10.3. The van der Waals surface area contributed by atoms with Gasteiger partial charge < -0.3 is 0 Å². The van der Waals surface area contributed by atoms with Crippen molar-refractivity contribution in [2.45, 2.75) is 66.7 Å². The molecule has 0 bridgehead atoms. The normalized spacial score (nSPS) is 13.9. The van der Waals surface area contributed by atoms with Crippen LogP contribution in [0.25, 0.3) is 0 Å². The first-order chi connectivity index (χ1) is 5.26. The van der Waals surface area contributed by atoms with Gasteiger partial charge >= 0.3 is 0 Å². The molecule has 0 amide bonds. The first kappa shape index (κ1) is 13.6. The largest absolute Gasteiger partial charge is 0.0656 e. The molecule has 0 unspecified atom stereocenters. The Hall–Kier alpha value is 0. The van der Waals surface area contributed by atoms with Crippen LogP contribution in [0.3, 0.4) is 0 Å². The average Bonchev–Trinajstić information content (AvgIpc) is 2.72. The minimum Gasteiger partial charge on any atom is -0.0656 e. The van der Waals surface area contributed by atoms with Gasteiger partial charge in [-0.25, -0.2) is 0 Å². The van der Waals surface area contributed by atoms with Crippen molar-refractivity contribution in [2.24, 2.45) is 5.92 Å². The Balaban J connectivity index is 0. The highest BCUT2D eigenvalue weighted by Crippen LogP contribution is 2.31. The van der Waals surface area contributed by atoms with Crippen LogP contribution < -0.4 is 0 Å². The minimum absolute atomic E-state index is 1.13. The van der Waals surface area contributed by atoms with Crippen molar-refractivity contribution in [1.29, 1.82) is 0 Å². The Labute approximate surface area is 73.4 Å². The van der Waals surface area contributed by atoms with E-state index in [0.29, 0.717) is 0 Å². The summed E-state index contributed by atoms with van der Waals surface area (Å²) in [5, 5.41) is 0. The van der Waals surface area contributed by atoms with Crippen molar-refractivity contribution in [1.82, 2.24) is 0 Å². The summed E-state index contributed by atoms with van der Waals surface area (Å²) in [6.45, 7) is 10.8. The van der Waals surface area contributed by atoms with Crippen LogP contribution >= 0.6 is 0 Å². The van der Waals surface area contributed by atoms with E-state index in [-0.39, 0.29) is 0 Å². The third kappa shape index (κ3) is 25.6. The fraction of sp³-hybridized carbons (Fsp3) is 1.00. The number of hydrogen-bond acceptors (Lipinski definition) is 0. The Bertz CT molecular complexity index is 42.0. The van der Waals surface area contributed by atoms with E-state index < -0.39 is 0 Å². The monoisotopic (exact) mass is 158 g/mol. The standard InChI is InChI=1S/C5H10.2C3H8/c1-2-5-3-4-5;2*1-3-2/h5H,2-4H2,1H3;2*3H2,1-2H3. The molecule has 0 spiro atoms. The van der Waals surface area contributed by atoms with Crippen molar-refractivity contribution in [3.8, 4) is 0 Å². The van der Waals surface area contributed by atoms with E-state index in [9.17, 15) is 0 Å². The smallest absolute Gasteiger partial charge is 0.0417 e. The summed E-state index contributed by atoms with van der Waals surface area (Å²) in [6, 6.07) is 0. The molecule has 0 N–H and O–H groups in total. The van der Waals surface area contributed by atoms with E-state index in [0.717, 1.165) is 5.92 Å². The Morgan fingerprint density at radius 3 is 1.09 bits per heavy atom. The highest BCUT2D eigenvalue weighted by Gasteiger charge is 2.17. The molecular weight excluding hydrogens is 132 g/mol. The van der Waals surface area contributed by atoms with E-state index in [1.165, 1.54) is 32.1 Å². The van der Waals surface area contributed by atoms with Crippen molar-refractivity contribution in [3.05, 3.63) is 0 Å². The molecule has 1 aliphatic carbocycles. The molecule has 0 radical (unpaired) electrons. The van der Waals surface area contributed by atoms with E-state index in [1.807, 2.05) is 0 Å². The number of hydrogen-bond donors (Lipinski definition) is 0. The zero-order chi connectivity index (χ0) is 9.11. The van der Waals surface area contributed by atoms with Gasteiger partial charge in [-0.05, 0) is 5.92 Å². The van der Waals surface area contributed by atoms with Gasteiger partial charge in [0, 0.05) is 0 Å². The summed E-state index contributed by atoms with van der Waals surface area (Å²) in [7, 11) is 0. The van der Waals surface area contributed by atoms with E-state index in [2.05, 4.69) is 34.6 Å². The SMILES string of the molecule is CCC.CCC.CCC1CC1. The van der Waals surface area contributed by atoms with E-state index in [1.54, 1.807) is 0 Å². The van der Waals surface area contributed by atoms with Gasteiger partial charge in [0.15, 0.2) is 0 Å². The fourth-order valence-electron chi connectivity index (χ4n) is 0.526. The minimum atomic E-state index is 1.13. The van der Waals surface area contributed by atoms with Gasteiger partial charge in [0.25, 0.3) is 0 Å². The summed E-state index contributed by atoms with van der Waals surface area (Å²) in [4.78, 5) is 0. The molecule has 0 aromatic heterocycles. The second-order valence-electron chi connectivity index (χ2n) is 3.27.